The van der Waals surface area contributed by atoms with Gasteiger partial charge in [-0.15, -0.1) is 0 Å². The summed E-state index contributed by atoms with van der Waals surface area (Å²) in [6, 6.07) is 14.4. The summed E-state index contributed by atoms with van der Waals surface area (Å²) in [5.74, 6) is -0.181. The molecule has 3 N–H and O–H groups in total. The molecule has 5 nitrogen and oxygen atoms in total. The topological polar surface area (TPSA) is 80.6 Å². The van der Waals surface area contributed by atoms with Crippen LogP contribution in [-0.2, 0) is 11.3 Å². The Morgan fingerprint density at radius 1 is 1.18 bits per heavy atom. The molecule has 0 aliphatic heterocycles. The number of aliphatic imine (C=N–C) groups is 1. The van der Waals surface area contributed by atoms with Crippen LogP contribution in [0.5, 0.6) is 5.75 Å². The van der Waals surface area contributed by atoms with Gasteiger partial charge in [0.1, 0.15) is 12.3 Å². The first-order valence-electron chi connectivity index (χ1n) is 6.83. The van der Waals surface area contributed by atoms with E-state index in [4.69, 9.17) is 5.73 Å². The molecule has 1 amide bonds. The van der Waals surface area contributed by atoms with Crippen LogP contribution in [0, 0.1) is 0 Å². The van der Waals surface area contributed by atoms with Crippen LogP contribution < -0.4 is 5.73 Å². The van der Waals surface area contributed by atoms with Crippen LogP contribution in [0.15, 0.2) is 59.7 Å². The summed E-state index contributed by atoms with van der Waals surface area (Å²) in [4.78, 5) is 15.6. The number of carbonyl (C=O) groups is 1. The summed E-state index contributed by atoms with van der Waals surface area (Å²) in [6.07, 6.45) is 3.60. The number of fused-ring (bicyclic) bond motifs is 1. The maximum absolute atomic E-state index is 11.2. The smallest absolute Gasteiger partial charge is 0.237 e. The van der Waals surface area contributed by atoms with Crippen molar-refractivity contribution in [2.45, 2.75) is 6.54 Å². The molecule has 3 rings (SSSR count). The molecule has 2 aromatic carbocycles. The lowest BCUT2D eigenvalue weighted by atomic mass is 10.2. The Hall–Kier alpha value is -3.08. The summed E-state index contributed by atoms with van der Waals surface area (Å²) in [6.45, 7) is 0.133. The average molecular weight is 293 g/mol. The number of nitrogens with zero attached hydrogens (tertiary/aromatic N) is 2. The van der Waals surface area contributed by atoms with E-state index in [0.717, 1.165) is 22.2 Å². The molecule has 110 valence electrons. The maximum Gasteiger partial charge on any atom is 0.237 e. The molecule has 0 fully saturated rings. The lowest BCUT2D eigenvalue weighted by molar-refractivity contribution is -0.118. The molecular formula is C17H15N3O2. The number of hydrogen-bond donors (Lipinski definition) is 2. The summed E-state index contributed by atoms with van der Waals surface area (Å²) in [5, 5.41) is 10.3. The first kappa shape index (κ1) is 13.9. The second-order valence-electron chi connectivity index (χ2n) is 4.97. The van der Waals surface area contributed by atoms with E-state index in [1.54, 1.807) is 30.5 Å². The molecular weight excluding hydrogens is 278 g/mol. The Kier molecular flexibility index (Phi) is 3.62. The van der Waals surface area contributed by atoms with Crippen molar-refractivity contribution in [3.05, 3.63) is 60.3 Å². The third-order valence-electron chi connectivity index (χ3n) is 3.35. The third kappa shape index (κ3) is 2.83. The monoisotopic (exact) mass is 293 g/mol. The van der Waals surface area contributed by atoms with E-state index >= 15 is 0 Å². The predicted molar refractivity (Wildman–Crippen MR) is 86.5 cm³/mol. The minimum atomic E-state index is -0.386. The lowest BCUT2D eigenvalue weighted by Crippen LogP contribution is -2.17. The van der Waals surface area contributed by atoms with Crippen LogP contribution in [0.2, 0.25) is 0 Å². The molecule has 0 saturated carbocycles. The number of benzene rings is 2. The van der Waals surface area contributed by atoms with Crippen LogP contribution in [-0.4, -0.2) is 21.8 Å². The molecule has 5 heteroatoms. The van der Waals surface area contributed by atoms with Crippen molar-refractivity contribution >= 4 is 28.7 Å². The van der Waals surface area contributed by atoms with Crippen molar-refractivity contribution in [2.24, 2.45) is 10.7 Å². The molecule has 0 saturated heterocycles. The number of hydrogen-bond acceptors (Lipinski definition) is 3. The largest absolute Gasteiger partial charge is 0.508 e. The van der Waals surface area contributed by atoms with Gasteiger partial charge in [0.15, 0.2) is 0 Å². The highest BCUT2D eigenvalue weighted by atomic mass is 16.3. The van der Waals surface area contributed by atoms with Gasteiger partial charge in [-0.3, -0.25) is 9.79 Å². The molecule has 0 unspecified atom stereocenters. The zero-order valence-electron chi connectivity index (χ0n) is 11.8. The first-order chi connectivity index (χ1) is 10.6. The van der Waals surface area contributed by atoms with Crippen molar-refractivity contribution in [3.8, 4) is 5.75 Å². The second kappa shape index (κ2) is 5.73. The second-order valence-corrected chi connectivity index (χ2v) is 4.97. The standard InChI is InChI=1S/C17H15N3O2/c18-17(22)11-20-10-12(15-3-1-2-4-16(15)20)9-19-13-5-7-14(21)8-6-13/h1-10,21H,11H2,(H2,18,22). The Morgan fingerprint density at radius 3 is 2.64 bits per heavy atom. The quantitative estimate of drug-likeness (QED) is 0.725. The van der Waals surface area contributed by atoms with Crippen LogP contribution >= 0.6 is 0 Å². The van der Waals surface area contributed by atoms with E-state index in [1.165, 1.54) is 0 Å². The minimum absolute atomic E-state index is 0.133. The fourth-order valence-electron chi connectivity index (χ4n) is 2.36. The van der Waals surface area contributed by atoms with Crippen molar-refractivity contribution in [1.82, 2.24) is 4.57 Å². The van der Waals surface area contributed by atoms with E-state index in [0.29, 0.717) is 0 Å². The van der Waals surface area contributed by atoms with Crippen molar-refractivity contribution in [3.63, 3.8) is 0 Å². The van der Waals surface area contributed by atoms with Gasteiger partial charge in [0.05, 0.1) is 5.69 Å². The highest BCUT2D eigenvalue weighted by Gasteiger charge is 2.07. The van der Waals surface area contributed by atoms with E-state index in [9.17, 15) is 9.90 Å². The fourth-order valence-corrected chi connectivity index (χ4v) is 2.36. The molecule has 3 aromatic rings. The number of para-hydroxylation sites is 1. The Morgan fingerprint density at radius 2 is 1.91 bits per heavy atom. The number of amides is 1. The average Bonchev–Trinajstić information content (AvgIpc) is 2.84. The highest BCUT2D eigenvalue weighted by molar-refractivity contribution is 6.00. The van der Waals surface area contributed by atoms with Gasteiger partial charge in [-0.2, -0.15) is 0 Å². The Balaban J connectivity index is 1.99. The molecule has 0 aliphatic rings. The van der Waals surface area contributed by atoms with Crippen LogP contribution in [0.4, 0.5) is 5.69 Å². The molecule has 1 aromatic heterocycles. The fraction of sp³-hybridized carbons (Fsp3) is 0.0588. The third-order valence-corrected chi connectivity index (χ3v) is 3.35. The number of primary amides is 1. The molecule has 0 spiro atoms. The number of phenolic OH excluding ortho intramolecular Hbond substituents is 1. The zero-order valence-corrected chi connectivity index (χ0v) is 11.8. The van der Waals surface area contributed by atoms with E-state index in [1.807, 2.05) is 35.0 Å². The number of aromatic hydroxyl groups is 1. The van der Waals surface area contributed by atoms with E-state index < -0.39 is 0 Å². The van der Waals surface area contributed by atoms with Gasteiger partial charge in [-0.1, -0.05) is 18.2 Å². The van der Waals surface area contributed by atoms with Crippen molar-refractivity contribution in [1.29, 1.82) is 0 Å². The number of aromatic nitrogens is 1. The summed E-state index contributed by atoms with van der Waals surface area (Å²) in [7, 11) is 0. The van der Waals surface area contributed by atoms with Gasteiger partial charge in [0, 0.05) is 28.9 Å². The van der Waals surface area contributed by atoms with Gasteiger partial charge < -0.3 is 15.4 Å². The number of phenols is 1. The van der Waals surface area contributed by atoms with E-state index in [2.05, 4.69) is 4.99 Å². The van der Waals surface area contributed by atoms with Crippen LogP contribution in [0.25, 0.3) is 10.9 Å². The molecule has 0 bridgehead atoms. The number of carbonyl (C=O) groups excluding carboxylic acids is 1. The predicted octanol–water partition coefficient (Wildman–Crippen LogP) is 2.58. The molecule has 0 atom stereocenters. The highest BCUT2D eigenvalue weighted by Crippen LogP contribution is 2.21. The number of rotatable bonds is 4. The zero-order chi connectivity index (χ0) is 15.5. The van der Waals surface area contributed by atoms with Gasteiger partial charge in [-0.25, -0.2) is 0 Å². The normalized spacial score (nSPS) is 11.3. The Labute approximate surface area is 127 Å². The maximum atomic E-state index is 11.2. The van der Waals surface area contributed by atoms with Crippen molar-refractivity contribution in [2.75, 3.05) is 0 Å². The van der Waals surface area contributed by atoms with E-state index in [-0.39, 0.29) is 18.2 Å². The molecule has 1 heterocycles. The SMILES string of the molecule is NC(=O)Cn1cc(C=Nc2ccc(O)cc2)c2ccccc21. The molecule has 0 radical (unpaired) electrons. The summed E-state index contributed by atoms with van der Waals surface area (Å²) >= 11 is 0. The van der Waals surface area contributed by atoms with Crippen LogP contribution in [0.1, 0.15) is 5.56 Å². The van der Waals surface area contributed by atoms with Crippen molar-refractivity contribution < 1.29 is 9.90 Å². The number of nitrogens with two attached hydrogens (primary N) is 1. The van der Waals surface area contributed by atoms with Gasteiger partial charge >= 0.3 is 0 Å². The summed E-state index contributed by atoms with van der Waals surface area (Å²) < 4.78 is 1.82. The van der Waals surface area contributed by atoms with Gasteiger partial charge in [-0.05, 0) is 30.3 Å². The first-order valence-corrected chi connectivity index (χ1v) is 6.83. The minimum Gasteiger partial charge on any atom is -0.508 e. The summed E-state index contributed by atoms with van der Waals surface area (Å²) in [5.41, 5.74) is 7.87. The van der Waals surface area contributed by atoms with Gasteiger partial charge in [0.25, 0.3) is 0 Å². The molecule has 22 heavy (non-hydrogen) atoms. The van der Waals surface area contributed by atoms with Crippen LogP contribution in [0.3, 0.4) is 0 Å². The Bertz CT molecular complexity index is 848. The molecule has 0 aliphatic carbocycles. The lowest BCUT2D eigenvalue weighted by Gasteiger charge is -2.00. The van der Waals surface area contributed by atoms with Gasteiger partial charge in [0.2, 0.25) is 5.91 Å².